The third kappa shape index (κ3) is 2.94. The zero-order chi connectivity index (χ0) is 17.4. The summed E-state index contributed by atoms with van der Waals surface area (Å²) in [5.41, 5.74) is 1.99. The fraction of sp³-hybridized carbons (Fsp3) is 0.200. The molecule has 5 heteroatoms. The average molecular weight is 335 g/mol. The van der Waals surface area contributed by atoms with E-state index in [2.05, 4.69) is 17.0 Å². The quantitative estimate of drug-likeness (QED) is 0.543. The summed E-state index contributed by atoms with van der Waals surface area (Å²) in [6.07, 6.45) is 0. The predicted octanol–water partition coefficient (Wildman–Crippen LogP) is 3.35. The summed E-state index contributed by atoms with van der Waals surface area (Å²) in [6.45, 7) is 3.20. The number of hydrogen-bond donors (Lipinski definition) is 0. The smallest absolute Gasteiger partial charge is 0.347 e. The number of fused-ring (bicyclic) bond motifs is 3. The first-order chi connectivity index (χ1) is 12.1. The maximum atomic E-state index is 12.1. The van der Waals surface area contributed by atoms with Gasteiger partial charge in [-0.1, -0.05) is 30.3 Å². The molecule has 0 amide bonds. The molecule has 0 atom stereocenters. The molecule has 25 heavy (non-hydrogen) atoms. The summed E-state index contributed by atoms with van der Waals surface area (Å²) < 4.78 is 11.3. The third-order valence-corrected chi connectivity index (χ3v) is 4.38. The lowest BCUT2D eigenvalue weighted by atomic mass is 10.1. The largest absolute Gasteiger partial charge is 0.478 e. The van der Waals surface area contributed by atoms with E-state index in [-0.39, 0.29) is 11.3 Å². The minimum absolute atomic E-state index is 0.0744. The Kier molecular flexibility index (Phi) is 3.86. The lowest BCUT2D eigenvalue weighted by molar-refractivity contribution is 0.0889. The van der Waals surface area contributed by atoms with E-state index in [9.17, 15) is 9.59 Å². The molecule has 5 nitrogen and oxygen atoms in total. The van der Waals surface area contributed by atoms with E-state index in [1.165, 1.54) is 12.5 Å². The summed E-state index contributed by atoms with van der Waals surface area (Å²) in [5, 5.41) is 0.730. The molecule has 126 valence electrons. The van der Waals surface area contributed by atoms with Crippen molar-refractivity contribution in [3.05, 3.63) is 75.6 Å². The van der Waals surface area contributed by atoms with Crippen LogP contribution in [0.15, 0.2) is 57.7 Å². The summed E-state index contributed by atoms with van der Waals surface area (Å²) in [6, 6.07) is 15.4. The molecule has 0 unspecified atom stereocenters. The summed E-state index contributed by atoms with van der Waals surface area (Å²) in [4.78, 5) is 25.8. The van der Waals surface area contributed by atoms with Gasteiger partial charge in [0.1, 0.15) is 23.6 Å². The Morgan fingerprint density at radius 3 is 2.72 bits per heavy atom. The van der Waals surface area contributed by atoms with E-state index in [1.807, 2.05) is 30.3 Å². The molecule has 0 fully saturated rings. The van der Waals surface area contributed by atoms with Crippen molar-refractivity contribution in [1.82, 2.24) is 4.90 Å². The van der Waals surface area contributed by atoms with Crippen molar-refractivity contribution in [3.63, 3.8) is 0 Å². The summed E-state index contributed by atoms with van der Waals surface area (Å²) in [7, 11) is 0. The second-order valence-corrected chi connectivity index (χ2v) is 6.21. The van der Waals surface area contributed by atoms with E-state index in [4.69, 9.17) is 9.15 Å². The molecular formula is C20H17NO4. The minimum atomic E-state index is -0.603. The minimum Gasteiger partial charge on any atom is -0.478 e. The number of hydrogen-bond acceptors (Lipinski definition) is 5. The van der Waals surface area contributed by atoms with Gasteiger partial charge in [0, 0.05) is 18.5 Å². The van der Waals surface area contributed by atoms with E-state index < -0.39 is 5.63 Å². The molecule has 0 saturated heterocycles. The van der Waals surface area contributed by atoms with Crippen LogP contribution in [0, 0.1) is 0 Å². The molecule has 3 aromatic rings. The molecule has 1 aliphatic rings. The van der Waals surface area contributed by atoms with Crippen LogP contribution in [0.5, 0.6) is 5.75 Å². The number of nitrogens with zero attached hydrogens (tertiary/aromatic N) is 1. The van der Waals surface area contributed by atoms with Gasteiger partial charge in [0.2, 0.25) is 0 Å². The van der Waals surface area contributed by atoms with Crippen molar-refractivity contribution in [2.75, 3.05) is 6.73 Å². The van der Waals surface area contributed by atoms with E-state index in [1.54, 1.807) is 6.07 Å². The molecule has 0 N–H and O–H groups in total. The molecule has 0 radical (unpaired) electrons. The molecule has 2 aromatic carbocycles. The molecule has 1 aliphatic heterocycles. The van der Waals surface area contributed by atoms with Gasteiger partial charge in [-0.25, -0.2) is 4.79 Å². The number of ketones is 1. The molecule has 2 heterocycles. The number of rotatable bonds is 3. The normalized spacial score (nSPS) is 14.1. The Morgan fingerprint density at radius 1 is 1.16 bits per heavy atom. The second kappa shape index (κ2) is 6.18. The lowest BCUT2D eigenvalue weighted by Gasteiger charge is -2.29. The van der Waals surface area contributed by atoms with Crippen LogP contribution in [-0.4, -0.2) is 17.4 Å². The number of carbonyl (C=O) groups is 1. The zero-order valence-electron chi connectivity index (χ0n) is 13.8. The average Bonchev–Trinajstić information content (AvgIpc) is 2.62. The van der Waals surface area contributed by atoms with Gasteiger partial charge in [-0.05, 0) is 30.7 Å². The van der Waals surface area contributed by atoms with Gasteiger partial charge in [-0.15, -0.1) is 0 Å². The van der Waals surface area contributed by atoms with Gasteiger partial charge in [-0.3, -0.25) is 9.69 Å². The van der Waals surface area contributed by atoms with Gasteiger partial charge >= 0.3 is 5.63 Å². The van der Waals surface area contributed by atoms with Crippen molar-refractivity contribution in [2.45, 2.75) is 20.0 Å². The third-order valence-electron chi connectivity index (χ3n) is 4.38. The topological polar surface area (TPSA) is 59.8 Å². The first-order valence-electron chi connectivity index (χ1n) is 8.11. The highest BCUT2D eigenvalue weighted by Gasteiger charge is 2.22. The highest BCUT2D eigenvalue weighted by Crippen LogP contribution is 2.32. The first-order valence-corrected chi connectivity index (χ1v) is 8.11. The number of carbonyl (C=O) groups excluding carboxylic acids is 1. The van der Waals surface area contributed by atoms with Crippen LogP contribution in [0.25, 0.3) is 11.0 Å². The highest BCUT2D eigenvalue weighted by molar-refractivity contribution is 5.97. The molecule has 4 rings (SSSR count). The van der Waals surface area contributed by atoms with Crippen LogP contribution in [0.2, 0.25) is 0 Å². The molecule has 0 bridgehead atoms. The van der Waals surface area contributed by atoms with Crippen LogP contribution in [0.3, 0.4) is 0 Å². The van der Waals surface area contributed by atoms with Gasteiger partial charge in [0.15, 0.2) is 5.78 Å². The number of ether oxygens (including phenoxy) is 1. The standard InChI is InChI=1S/C20H17NO4/c1-13(22)16-9-15-7-8-18-17(19(15)25-20(16)23)11-21(12-24-18)10-14-5-3-2-4-6-14/h2-9H,10-12H2,1H3. The maximum absolute atomic E-state index is 12.1. The van der Waals surface area contributed by atoms with E-state index >= 15 is 0 Å². The molecular weight excluding hydrogens is 318 g/mol. The Balaban J connectivity index is 1.72. The maximum Gasteiger partial charge on any atom is 0.347 e. The first kappa shape index (κ1) is 15.6. The second-order valence-electron chi connectivity index (χ2n) is 6.21. The number of Topliss-reactive ketones (excluding diaryl/α,β-unsaturated/α-hetero) is 1. The van der Waals surface area contributed by atoms with Crippen molar-refractivity contribution in [2.24, 2.45) is 0 Å². The SMILES string of the molecule is CC(=O)c1cc2ccc3c(c2oc1=O)CN(Cc1ccccc1)CO3. The van der Waals surface area contributed by atoms with Gasteiger partial charge in [0.25, 0.3) is 0 Å². The van der Waals surface area contributed by atoms with Gasteiger partial charge < -0.3 is 9.15 Å². The van der Waals surface area contributed by atoms with Crippen molar-refractivity contribution in [3.8, 4) is 5.75 Å². The van der Waals surface area contributed by atoms with Crippen LogP contribution in [0.1, 0.15) is 28.4 Å². The lowest BCUT2D eigenvalue weighted by Crippen LogP contribution is -2.31. The summed E-state index contributed by atoms with van der Waals surface area (Å²) in [5.74, 6) is 0.422. The van der Waals surface area contributed by atoms with Gasteiger partial charge in [0.05, 0.1) is 5.56 Å². The molecule has 0 saturated carbocycles. The van der Waals surface area contributed by atoms with Crippen LogP contribution in [-0.2, 0) is 13.1 Å². The predicted molar refractivity (Wildman–Crippen MR) is 93.7 cm³/mol. The Labute approximate surface area is 144 Å². The molecule has 0 aliphatic carbocycles. The Bertz CT molecular complexity index is 1010. The highest BCUT2D eigenvalue weighted by atomic mass is 16.5. The Morgan fingerprint density at radius 2 is 1.96 bits per heavy atom. The van der Waals surface area contributed by atoms with Gasteiger partial charge in [-0.2, -0.15) is 0 Å². The van der Waals surface area contributed by atoms with Crippen molar-refractivity contribution >= 4 is 16.8 Å². The molecule has 0 spiro atoms. The van der Waals surface area contributed by atoms with Crippen molar-refractivity contribution in [1.29, 1.82) is 0 Å². The van der Waals surface area contributed by atoms with E-state index in [0.717, 1.165) is 23.2 Å². The zero-order valence-corrected chi connectivity index (χ0v) is 13.8. The van der Waals surface area contributed by atoms with Crippen LogP contribution >= 0.6 is 0 Å². The van der Waals surface area contributed by atoms with Crippen LogP contribution in [0.4, 0.5) is 0 Å². The fourth-order valence-electron chi connectivity index (χ4n) is 3.13. The summed E-state index contributed by atoms with van der Waals surface area (Å²) >= 11 is 0. The van der Waals surface area contributed by atoms with Crippen LogP contribution < -0.4 is 10.4 Å². The number of benzene rings is 2. The Hall–Kier alpha value is -2.92. The van der Waals surface area contributed by atoms with Crippen molar-refractivity contribution < 1.29 is 13.9 Å². The fourth-order valence-corrected chi connectivity index (χ4v) is 3.13. The monoisotopic (exact) mass is 335 g/mol. The van der Waals surface area contributed by atoms with E-state index in [0.29, 0.717) is 18.9 Å². The molecule has 1 aromatic heterocycles.